The fourth-order valence-electron chi connectivity index (χ4n) is 3.08. The molecule has 1 aliphatic heterocycles. The van der Waals surface area contributed by atoms with E-state index in [1.54, 1.807) is 11.9 Å². The van der Waals surface area contributed by atoms with Crippen LogP contribution in [-0.4, -0.2) is 31.1 Å². The molecule has 3 aromatic carbocycles. The first kappa shape index (κ1) is 20.0. The van der Waals surface area contributed by atoms with Gasteiger partial charge in [0, 0.05) is 18.2 Å². The number of primary amides is 1. The van der Waals surface area contributed by atoms with Crippen molar-refractivity contribution in [3.05, 3.63) is 102 Å². The number of aliphatic imine (C=N–C) groups is 1. The van der Waals surface area contributed by atoms with E-state index in [1.807, 2.05) is 84.9 Å². The Morgan fingerprint density at radius 1 is 0.931 bits per heavy atom. The minimum Gasteiger partial charge on any atom is -0.369 e. The van der Waals surface area contributed by atoms with Gasteiger partial charge in [-0.25, -0.2) is 0 Å². The highest BCUT2D eigenvalue weighted by molar-refractivity contribution is 6.19. The lowest BCUT2D eigenvalue weighted by Gasteiger charge is -2.17. The van der Waals surface area contributed by atoms with Crippen LogP contribution in [-0.2, 0) is 16.0 Å². The van der Waals surface area contributed by atoms with Crippen molar-refractivity contribution in [3.8, 4) is 0 Å². The van der Waals surface area contributed by atoms with E-state index in [9.17, 15) is 9.59 Å². The summed E-state index contributed by atoms with van der Waals surface area (Å²) >= 11 is 0. The Hall–Kier alpha value is -3.73. The normalized spacial score (nSPS) is 12.8. The number of hydrogen-bond acceptors (Lipinski definition) is 3. The zero-order chi connectivity index (χ0) is 20.6. The lowest BCUT2D eigenvalue weighted by molar-refractivity contribution is -0.118. The average molecular weight is 385 g/mol. The summed E-state index contributed by atoms with van der Waals surface area (Å²) in [5.74, 6) is -0.274. The van der Waals surface area contributed by atoms with Crippen molar-refractivity contribution in [2.24, 2.45) is 10.7 Å². The van der Waals surface area contributed by atoms with Gasteiger partial charge in [0.05, 0.1) is 17.8 Å². The molecule has 5 heteroatoms. The molecule has 0 saturated heterocycles. The minimum absolute atomic E-state index is 0.0124. The predicted octanol–water partition coefficient (Wildman–Crippen LogP) is 3.21. The van der Waals surface area contributed by atoms with Crippen molar-refractivity contribution in [1.29, 1.82) is 0 Å². The van der Waals surface area contributed by atoms with Crippen molar-refractivity contribution in [2.75, 3.05) is 18.5 Å². The van der Waals surface area contributed by atoms with Gasteiger partial charge < -0.3 is 10.6 Å². The topological polar surface area (TPSA) is 75.8 Å². The van der Waals surface area contributed by atoms with Gasteiger partial charge in [-0.15, -0.1) is 0 Å². The number of para-hydroxylation sites is 1. The van der Waals surface area contributed by atoms with Crippen LogP contribution in [0.25, 0.3) is 0 Å². The first-order chi connectivity index (χ1) is 14.1. The molecule has 0 atom stereocenters. The molecule has 3 aromatic rings. The third kappa shape index (κ3) is 5.17. The number of amides is 2. The van der Waals surface area contributed by atoms with E-state index in [-0.39, 0.29) is 18.4 Å². The van der Waals surface area contributed by atoms with Crippen LogP contribution in [0.2, 0.25) is 0 Å². The maximum atomic E-state index is 12.0. The van der Waals surface area contributed by atoms with Crippen LogP contribution in [0, 0.1) is 0 Å². The van der Waals surface area contributed by atoms with Crippen LogP contribution in [0.1, 0.15) is 16.7 Å². The molecular formula is C24H23N3O2. The standard InChI is InChI=1S/C16H14N2O.C8H9NO/c1-18-14-10-6-5-9-13(14)16(17-11-15(18)19)12-7-3-2-4-8-12;9-8(10)6-7-4-2-1-3-5-7/h2-10H,11H2,1H3;1-5H,6H2,(H2,9,10). The molecule has 4 rings (SSSR count). The first-order valence-corrected chi connectivity index (χ1v) is 9.34. The minimum atomic E-state index is -0.286. The number of hydrogen-bond donors (Lipinski definition) is 1. The summed E-state index contributed by atoms with van der Waals surface area (Å²) in [6.45, 7) is 0.190. The Bertz CT molecular complexity index is 1010. The summed E-state index contributed by atoms with van der Waals surface area (Å²) in [5.41, 5.74) is 9.79. The second-order valence-corrected chi connectivity index (χ2v) is 6.63. The molecule has 0 saturated carbocycles. The third-order valence-electron chi connectivity index (χ3n) is 4.54. The number of nitrogens with two attached hydrogens (primary N) is 1. The maximum Gasteiger partial charge on any atom is 0.248 e. The molecule has 0 spiro atoms. The van der Waals surface area contributed by atoms with E-state index in [4.69, 9.17) is 5.73 Å². The Kier molecular flexibility index (Phi) is 6.53. The number of benzodiazepines with no additional fused rings is 1. The van der Waals surface area contributed by atoms with Gasteiger partial charge in [0.2, 0.25) is 11.8 Å². The Balaban J connectivity index is 0.000000204. The lowest BCUT2D eigenvalue weighted by atomic mass is 10.0. The highest BCUT2D eigenvalue weighted by atomic mass is 16.2. The predicted molar refractivity (Wildman–Crippen MR) is 116 cm³/mol. The van der Waals surface area contributed by atoms with Crippen LogP contribution in [0.5, 0.6) is 0 Å². The van der Waals surface area contributed by atoms with Gasteiger partial charge in [-0.3, -0.25) is 14.6 Å². The number of likely N-dealkylation sites (N-methyl/N-ethyl adjacent to an activating group) is 1. The molecule has 0 aliphatic carbocycles. The molecule has 146 valence electrons. The summed E-state index contributed by atoms with van der Waals surface area (Å²) in [5, 5.41) is 0. The molecule has 1 aliphatic rings. The van der Waals surface area contributed by atoms with E-state index in [1.165, 1.54) is 0 Å². The number of rotatable bonds is 3. The zero-order valence-electron chi connectivity index (χ0n) is 16.3. The molecule has 0 bridgehead atoms. The Labute approximate surface area is 170 Å². The fraction of sp³-hybridized carbons (Fsp3) is 0.125. The largest absolute Gasteiger partial charge is 0.369 e. The number of carbonyl (C=O) groups excluding carboxylic acids is 2. The Morgan fingerprint density at radius 2 is 1.52 bits per heavy atom. The lowest BCUT2D eigenvalue weighted by Crippen LogP contribution is -2.27. The van der Waals surface area contributed by atoms with Crippen molar-refractivity contribution in [3.63, 3.8) is 0 Å². The number of benzene rings is 3. The van der Waals surface area contributed by atoms with Crippen molar-refractivity contribution < 1.29 is 9.59 Å². The molecular weight excluding hydrogens is 362 g/mol. The van der Waals surface area contributed by atoms with Gasteiger partial charge in [0.15, 0.2) is 0 Å². The summed E-state index contributed by atoms with van der Waals surface area (Å²) in [7, 11) is 1.80. The van der Waals surface area contributed by atoms with Gasteiger partial charge in [-0.05, 0) is 11.6 Å². The summed E-state index contributed by atoms with van der Waals surface area (Å²) in [4.78, 5) is 28.5. The van der Waals surface area contributed by atoms with Crippen LogP contribution in [0.4, 0.5) is 5.69 Å². The van der Waals surface area contributed by atoms with Gasteiger partial charge in [-0.1, -0.05) is 78.9 Å². The number of anilines is 1. The van der Waals surface area contributed by atoms with Crippen LogP contribution in [0.3, 0.4) is 0 Å². The van der Waals surface area contributed by atoms with Crippen molar-refractivity contribution >= 4 is 23.2 Å². The number of carbonyl (C=O) groups is 2. The van der Waals surface area contributed by atoms with E-state index < -0.39 is 0 Å². The van der Waals surface area contributed by atoms with Gasteiger partial charge in [0.25, 0.3) is 0 Å². The molecule has 2 amide bonds. The zero-order valence-corrected chi connectivity index (χ0v) is 16.3. The average Bonchev–Trinajstić information content (AvgIpc) is 2.87. The second kappa shape index (κ2) is 9.46. The van der Waals surface area contributed by atoms with Crippen LogP contribution >= 0.6 is 0 Å². The monoisotopic (exact) mass is 385 g/mol. The third-order valence-corrected chi connectivity index (χ3v) is 4.54. The quantitative estimate of drug-likeness (QED) is 0.752. The highest BCUT2D eigenvalue weighted by Crippen LogP contribution is 2.25. The van der Waals surface area contributed by atoms with E-state index in [0.29, 0.717) is 6.42 Å². The van der Waals surface area contributed by atoms with E-state index >= 15 is 0 Å². The smallest absolute Gasteiger partial charge is 0.248 e. The Morgan fingerprint density at radius 3 is 2.17 bits per heavy atom. The molecule has 0 fully saturated rings. The fourth-order valence-corrected chi connectivity index (χ4v) is 3.08. The van der Waals surface area contributed by atoms with Gasteiger partial charge >= 0.3 is 0 Å². The first-order valence-electron chi connectivity index (χ1n) is 9.34. The number of nitrogens with zero attached hydrogens (tertiary/aromatic N) is 2. The van der Waals surface area contributed by atoms with E-state index in [0.717, 1.165) is 28.1 Å². The molecule has 2 N–H and O–H groups in total. The van der Waals surface area contributed by atoms with Crippen LogP contribution in [0.15, 0.2) is 89.9 Å². The molecule has 1 heterocycles. The summed E-state index contributed by atoms with van der Waals surface area (Å²) in [6.07, 6.45) is 0.334. The molecule has 0 aromatic heterocycles. The molecule has 0 radical (unpaired) electrons. The maximum absolute atomic E-state index is 12.0. The van der Waals surface area contributed by atoms with E-state index in [2.05, 4.69) is 4.99 Å². The van der Waals surface area contributed by atoms with Gasteiger partial charge in [0.1, 0.15) is 6.54 Å². The molecule has 0 unspecified atom stereocenters. The van der Waals surface area contributed by atoms with Gasteiger partial charge in [-0.2, -0.15) is 0 Å². The van der Waals surface area contributed by atoms with Crippen molar-refractivity contribution in [2.45, 2.75) is 6.42 Å². The number of fused-ring (bicyclic) bond motifs is 1. The van der Waals surface area contributed by atoms with Crippen LogP contribution < -0.4 is 10.6 Å². The molecule has 5 nitrogen and oxygen atoms in total. The molecule has 29 heavy (non-hydrogen) atoms. The summed E-state index contributed by atoms with van der Waals surface area (Å²) in [6, 6.07) is 27.3. The van der Waals surface area contributed by atoms with Crippen molar-refractivity contribution in [1.82, 2.24) is 0 Å². The summed E-state index contributed by atoms with van der Waals surface area (Å²) < 4.78 is 0. The highest BCUT2D eigenvalue weighted by Gasteiger charge is 2.21. The second-order valence-electron chi connectivity index (χ2n) is 6.63. The SMILES string of the molecule is CN1C(=O)CN=C(c2ccccc2)c2ccccc21.NC(=O)Cc1ccccc1.